The van der Waals surface area contributed by atoms with Crippen LogP contribution in [0.3, 0.4) is 0 Å². The van der Waals surface area contributed by atoms with Crippen LogP contribution in [0.15, 0.2) is 66.9 Å². The van der Waals surface area contributed by atoms with Crippen LogP contribution in [0, 0.1) is 5.92 Å². The summed E-state index contributed by atoms with van der Waals surface area (Å²) in [5, 5.41) is 0. The first kappa shape index (κ1) is 18.6. The fourth-order valence-electron chi connectivity index (χ4n) is 4.27. The summed E-state index contributed by atoms with van der Waals surface area (Å²) in [5.74, 6) is 2.77. The summed E-state index contributed by atoms with van der Waals surface area (Å²) in [7, 11) is 0. The smallest absolute Gasteiger partial charge is 0.228 e. The molecule has 2 atom stereocenters. The van der Waals surface area contributed by atoms with E-state index in [2.05, 4.69) is 27.9 Å². The van der Waals surface area contributed by atoms with Crippen LogP contribution in [0.1, 0.15) is 53.8 Å². The number of ether oxygens (including phenoxy) is 1. The molecule has 2 aromatic carbocycles. The highest BCUT2D eigenvalue weighted by molar-refractivity contribution is 6.08. The lowest BCUT2D eigenvalue weighted by Gasteiger charge is -2.15. The van der Waals surface area contributed by atoms with E-state index in [1.165, 1.54) is 24.8 Å². The van der Waals surface area contributed by atoms with Gasteiger partial charge in [-0.05, 0) is 67.1 Å². The van der Waals surface area contributed by atoms with Crippen molar-refractivity contribution in [2.75, 3.05) is 0 Å². The zero-order valence-electron chi connectivity index (χ0n) is 16.8. The average Bonchev–Trinajstić information content (AvgIpc) is 3.40. The molecule has 5 heteroatoms. The van der Waals surface area contributed by atoms with Crippen molar-refractivity contribution in [3.63, 3.8) is 0 Å². The van der Waals surface area contributed by atoms with Gasteiger partial charge in [-0.1, -0.05) is 31.5 Å². The van der Waals surface area contributed by atoms with Gasteiger partial charge in [0, 0.05) is 17.3 Å². The molecule has 1 N–H and O–H groups in total. The number of benzene rings is 2. The highest BCUT2D eigenvalue weighted by atomic mass is 16.5. The number of aromatic amines is 1. The largest absolute Gasteiger partial charge is 0.439 e. The van der Waals surface area contributed by atoms with Gasteiger partial charge in [0.15, 0.2) is 5.82 Å². The van der Waals surface area contributed by atoms with E-state index in [0.29, 0.717) is 28.9 Å². The van der Waals surface area contributed by atoms with E-state index < -0.39 is 0 Å². The number of aromatic nitrogens is 3. The van der Waals surface area contributed by atoms with Crippen LogP contribution in [0.2, 0.25) is 0 Å². The van der Waals surface area contributed by atoms with Crippen LogP contribution in [-0.4, -0.2) is 20.7 Å². The van der Waals surface area contributed by atoms with E-state index >= 15 is 0 Å². The minimum absolute atomic E-state index is 0.142. The van der Waals surface area contributed by atoms with Crippen molar-refractivity contribution in [1.29, 1.82) is 0 Å². The maximum Gasteiger partial charge on any atom is 0.228 e. The summed E-state index contributed by atoms with van der Waals surface area (Å²) < 4.78 is 6.10. The van der Waals surface area contributed by atoms with E-state index in [-0.39, 0.29) is 5.78 Å². The molecule has 5 nitrogen and oxygen atoms in total. The summed E-state index contributed by atoms with van der Waals surface area (Å²) in [4.78, 5) is 24.7. The van der Waals surface area contributed by atoms with Gasteiger partial charge >= 0.3 is 0 Å². The predicted octanol–water partition coefficient (Wildman–Crippen LogP) is 5.88. The Morgan fingerprint density at radius 3 is 2.63 bits per heavy atom. The van der Waals surface area contributed by atoms with Crippen LogP contribution in [-0.2, 0) is 0 Å². The Kier molecular flexibility index (Phi) is 4.79. The Labute approximate surface area is 175 Å². The first-order chi connectivity index (χ1) is 14.7. The lowest BCUT2D eigenvalue weighted by molar-refractivity contribution is 0.103. The van der Waals surface area contributed by atoms with Gasteiger partial charge in [-0.15, -0.1) is 0 Å². The normalized spacial score (nSPS) is 18.6. The number of rotatable bonds is 5. The molecule has 2 heterocycles. The number of para-hydroxylation sites is 2. The number of carbonyl (C=O) groups excluding carboxylic acids is 1. The highest BCUT2D eigenvalue weighted by Crippen LogP contribution is 2.41. The zero-order chi connectivity index (χ0) is 20.5. The van der Waals surface area contributed by atoms with E-state index in [1.807, 2.05) is 42.5 Å². The Morgan fingerprint density at radius 2 is 1.87 bits per heavy atom. The van der Waals surface area contributed by atoms with Crippen molar-refractivity contribution in [2.45, 2.75) is 32.1 Å². The van der Waals surface area contributed by atoms with Crippen LogP contribution in [0.4, 0.5) is 0 Å². The fraction of sp³-hybridized carbons (Fsp3) is 0.240. The number of imidazole rings is 1. The number of ketones is 1. The number of hydrogen-bond donors (Lipinski definition) is 1. The summed E-state index contributed by atoms with van der Waals surface area (Å²) in [6.07, 6.45) is 5.36. The number of fused-ring (bicyclic) bond motifs is 1. The second-order valence-electron chi connectivity index (χ2n) is 8.07. The fourth-order valence-corrected chi connectivity index (χ4v) is 4.27. The molecule has 5 rings (SSSR count). The molecule has 1 aliphatic rings. The van der Waals surface area contributed by atoms with Gasteiger partial charge in [-0.25, -0.2) is 9.97 Å². The topological polar surface area (TPSA) is 67.9 Å². The number of carbonyl (C=O) groups is 1. The second-order valence-corrected chi connectivity index (χ2v) is 8.07. The maximum absolute atomic E-state index is 12.8. The summed E-state index contributed by atoms with van der Waals surface area (Å²) in [6.45, 7) is 2.30. The van der Waals surface area contributed by atoms with E-state index in [9.17, 15) is 4.79 Å². The van der Waals surface area contributed by atoms with Crippen LogP contribution >= 0.6 is 0 Å². The molecule has 0 aliphatic heterocycles. The average molecular weight is 397 g/mol. The molecule has 30 heavy (non-hydrogen) atoms. The van der Waals surface area contributed by atoms with Crippen LogP contribution in [0.25, 0.3) is 11.0 Å². The number of H-pyrrole nitrogens is 1. The molecule has 2 aromatic heterocycles. The molecule has 4 aromatic rings. The van der Waals surface area contributed by atoms with Crippen LogP contribution in [0.5, 0.6) is 11.6 Å². The summed E-state index contributed by atoms with van der Waals surface area (Å²) in [6, 6.07) is 18.9. The Bertz CT molecular complexity index is 1160. The number of nitrogens with zero attached hydrogens (tertiary/aromatic N) is 2. The Hall–Kier alpha value is -3.47. The van der Waals surface area contributed by atoms with Crippen molar-refractivity contribution < 1.29 is 9.53 Å². The molecule has 0 bridgehead atoms. The van der Waals surface area contributed by atoms with Gasteiger partial charge in [0.25, 0.3) is 0 Å². The molecule has 2 unspecified atom stereocenters. The van der Waals surface area contributed by atoms with E-state index in [0.717, 1.165) is 17.0 Å². The minimum Gasteiger partial charge on any atom is -0.439 e. The van der Waals surface area contributed by atoms with Gasteiger partial charge in [0.1, 0.15) is 5.75 Å². The van der Waals surface area contributed by atoms with Gasteiger partial charge < -0.3 is 9.72 Å². The minimum atomic E-state index is -0.142. The molecule has 1 saturated carbocycles. The lowest BCUT2D eigenvalue weighted by atomic mass is 9.98. The lowest BCUT2D eigenvalue weighted by Crippen LogP contribution is -2.03. The number of pyridine rings is 1. The second kappa shape index (κ2) is 7.75. The number of nitrogens with one attached hydrogen (secondary N) is 1. The predicted molar refractivity (Wildman–Crippen MR) is 116 cm³/mol. The molecule has 1 fully saturated rings. The van der Waals surface area contributed by atoms with Crippen molar-refractivity contribution in [3.8, 4) is 11.6 Å². The van der Waals surface area contributed by atoms with Crippen LogP contribution < -0.4 is 4.74 Å². The molecule has 0 saturated heterocycles. The Balaban J connectivity index is 1.35. The molecule has 0 spiro atoms. The first-order valence-corrected chi connectivity index (χ1v) is 10.4. The van der Waals surface area contributed by atoms with Gasteiger partial charge in [-0.2, -0.15) is 0 Å². The molecular formula is C25H23N3O2. The highest BCUT2D eigenvalue weighted by Gasteiger charge is 2.26. The maximum atomic E-state index is 12.8. The van der Waals surface area contributed by atoms with Crippen molar-refractivity contribution in [3.05, 3.63) is 83.8 Å². The Morgan fingerprint density at radius 1 is 1.03 bits per heavy atom. The molecular weight excluding hydrogens is 374 g/mol. The van der Waals surface area contributed by atoms with Crippen molar-refractivity contribution in [1.82, 2.24) is 15.0 Å². The molecule has 150 valence electrons. The zero-order valence-corrected chi connectivity index (χ0v) is 16.8. The van der Waals surface area contributed by atoms with Crippen molar-refractivity contribution >= 4 is 16.8 Å². The quantitative estimate of drug-likeness (QED) is 0.427. The monoisotopic (exact) mass is 397 g/mol. The third-order valence-electron chi connectivity index (χ3n) is 5.87. The molecule has 0 amide bonds. The summed E-state index contributed by atoms with van der Waals surface area (Å²) >= 11 is 0. The number of hydrogen-bond acceptors (Lipinski definition) is 4. The SMILES string of the molecule is CC1CCC(c2cccnc2Oc2ccc(C(=O)c3nc4ccccc4[nH]3)cc2)C1. The van der Waals surface area contributed by atoms with Gasteiger partial charge in [-0.3, -0.25) is 4.79 Å². The van der Waals surface area contributed by atoms with Gasteiger partial charge in [0.2, 0.25) is 11.7 Å². The van der Waals surface area contributed by atoms with E-state index in [4.69, 9.17) is 4.74 Å². The third kappa shape index (κ3) is 3.59. The first-order valence-electron chi connectivity index (χ1n) is 10.4. The molecule has 0 radical (unpaired) electrons. The molecule has 1 aliphatic carbocycles. The summed E-state index contributed by atoms with van der Waals surface area (Å²) in [5.41, 5.74) is 3.37. The third-order valence-corrected chi connectivity index (χ3v) is 5.87. The van der Waals surface area contributed by atoms with Crippen molar-refractivity contribution in [2.24, 2.45) is 5.92 Å². The standard InChI is InChI=1S/C25H23N3O2/c1-16-8-9-18(15-16)20-5-4-14-26-25(20)30-19-12-10-17(11-13-19)23(29)24-27-21-6-2-3-7-22(21)28-24/h2-7,10-14,16,18H,8-9,15H2,1H3,(H,27,28). The van der Waals surface area contributed by atoms with Gasteiger partial charge in [0.05, 0.1) is 11.0 Å². The van der Waals surface area contributed by atoms with E-state index in [1.54, 1.807) is 18.3 Å².